The highest BCUT2D eigenvalue weighted by Gasteiger charge is 2.31. The summed E-state index contributed by atoms with van der Waals surface area (Å²) < 4.78 is 43.3. The Labute approximate surface area is 118 Å². The monoisotopic (exact) mass is 307 g/mol. The first-order valence-corrected chi connectivity index (χ1v) is 5.82. The van der Waals surface area contributed by atoms with E-state index in [0.29, 0.717) is 0 Å². The SMILES string of the molecule is CN(C)C(=S)Oc1cc(CC(=O)O)cc(C(F)(F)F)c1. The molecule has 20 heavy (non-hydrogen) atoms. The maximum atomic E-state index is 12.7. The van der Waals surface area contributed by atoms with E-state index >= 15 is 0 Å². The predicted molar refractivity (Wildman–Crippen MR) is 69.7 cm³/mol. The second-order valence-electron chi connectivity index (χ2n) is 4.20. The molecule has 0 aliphatic rings. The normalized spacial score (nSPS) is 11.1. The molecule has 1 N–H and O–H groups in total. The number of thiocarbonyl (C=S) groups is 1. The number of rotatable bonds is 3. The van der Waals surface area contributed by atoms with Crippen LogP contribution in [0.4, 0.5) is 13.2 Å². The minimum atomic E-state index is -4.59. The molecule has 8 heteroatoms. The maximum Gasteiger partial charge on any atom is 0.416 e. The van der Waals surface area contributed by atoms with E-state index in [0.717, 1.165) is 12.1 Å². The summed E-state index contributed by atoms with van der Waals surface area (Å²) in [4.78, 5) is 12.0. The van der Waals surface area contributed by atoms with E-state index in [1.807, 2.05) is 0 Å². The van der Waals surface area contributed by atoms with Crippen molar-refractivity contribution >= 4 is 23.4 Å². The smallest absolute Gasteiger partial charge is 0.416 e. The Bertz CT molecular complexity index is 529. The van der Waals surface area contributed by atoms with Crippen molar-refractivity contribution in [2.24, 2.45) is 0 Å². The first-order chi connectivity index (χ1) is 9.09. The van der Waals surface area contributed by atoms with Crippen LogP contribution in [0.3, 0.4) is 0 Å². The lowest BCUT2D eigenvalue weighted by Crippen LogP contribution is -2.25. The molecule has 0 atom stereocenters. The molecule has 0 aromatic heterocycles. The van der Waals surface area contributed by atoms with Crippen LogP contribution in [-0.4, -0.2) is 35.2 Å². The summed E-state index contributed by atoms with van der Waals surface area (Å²) in [6, 6.07) is 2.78. The Morgan fingerprint density at radius 2 is 1.95 bits per heavy atom. The summed E-state index contributed by atoms with van der Waals surface area (Å²) >= 11 is 4.83. The van der Waals surface area contributed by atoms with Gasteiger partial charge in [-0.3, -0.25) is 4.79 Å². The second-order valence-corrected chi connectivity index (χ2v) is 4.55. The number of carbonyl (C=O) groups is 1. The molecule has 110 valence electrons. The Kier molecular flexibility index (Phi) is 4.93. The molecule has 0 unspecified atom stereocenters. The number of ether oxygens (including phenoxy) is 1. The number of carboxylic acids is 1. The molecule has 0 spiro atoms. The number of aliphatic carboxylic acids is 1. The Morgan fingerprint density at radius 3 is 2.40 bits per heavy atom. The predicted octanol–water partition coefficient (Wildman–Crippen LogP) is 2.56. The highest BCUT2D eigenvalue weighted by Crippen LogP contribution is 2.33. The van der Waals surface area contributed by atoms with Gasteiger partial charge in [0.15, 0.2) is 0 Å². The lowest BCUT2D eigenvalue weighted by molar-refractivity contribution is -0.138. The molecule has 1 aromatic rings. The van der Waals surface area contributed by atoms with Gasteiger partial charge in [-0.1, -0.05) is 0 Å². The molecule has 0 aliphatic carbocycles. The molecule has 0 bridgehead atoms. The molecule has 4 nitrogen and oxygen atoms in total. The largest absolute Gasteiger partial charge is 0.481 e. The fourth-order valence-electron chi connectivity index (χ4n) is 1.35. The van der Waals surface area contributed by atoms with Gasteiger partial charge in [-0.2, -0.15) is 13.2 Å². The lowest BCUT2D eigenvalue weighted by Gasteiger charge is -2.16. The highest BCUT2D eigenvalue weighted by atomic mass is 32.1. The number of nitrogens with zero attached hydrogens (tertiary/aromatic N) is 1. The fraction of sp³-hybridized carbons (Fsp3) is 0.333. The van der Waals surface area contributed by atoms with Crippen LogP contribution in [0.1, 0.15) is 11.1 Å². The highest BCUT2D eigenvalue weighted by molar-refractivity contribution is 7.80. The van der Waals surface area contributed by atoms with Crippen LogP contribution in [0.2, 0.25) is 0 Å². The Hall–Kier alpha value is -1.83. The molecular weight excluding hydrogens is 295 g/mol. The first-order valence-electron chi connectivity index (χ1n) is 5.41. The second kappa shape index (κ2) is 6.08. The van der Waals surface area contributed by atoms with Crippen molar-refractivity contribution in [2.45, 2.75) is 12.6 Å². The van der Waals surface area contributed by atoms with Gasteiger partial charge in [-0.15, -0.1) is 0 Å². The van der Waals surface area contributed by atoms with E-state index in [1.165, 1.54) is 11.0 Å². The van der Waals surface area contributed by atoms with E-state index < -0.39 is 24.1 Å². The van der Waals surface area contributed by atoms with Crippen LogP contribution >= 0.6 is 12.2 Å². The van der Waals surface area contributed by atoms with Gasteiger partial charge >= 0.3 is 12.1 Å². The van der Waals surface area contributed by atoms with Gasteiger partial charge in [0.25, 0.3) is 5.17 Å². The fourth-order valence-corrected chi connectivity index (χ4v) is 1.45. The third kappa shape index (κ3) is 4.69. The number of halogens is 3. The van der Waals surface area contributed by atoms with Crippen LogP contribution in [0, 0.1) is 0 Å². The lowest BCUT2D eigenvalue weighted by atomic mass is 10.1. The van der Waals surface area contributed by atoms with Gasteiger partial charge in [0.2, 0.25) is 0 Å². The summed E-state index contributed by atoms with van der Waals surface area (Å²) in [6.45, 7) is 0. The summed E-state index contributed by atoms with van der Waals surface area (Å²) in [6.07, 6.45) is -5.12. The molecule has 1 aromatic carbocycles. The Morgan fingerprint density at radius 1 is 1.35 bits per heavy atom. The third-order valence-electron chi connectivity index (χ3n) is 2.22. The maximum absolute atomic E-state index is 12.7. The molecule has 0 aliphatic heterocycles. The zero-order valence-electron chi connectivity index (χ0n) is 10.7. The summed E-state index contributed by atoms with van der Waals surface area (Å²) in [5.74, 6) is -1.37. The van der Waals surface area contributed by atoms with Gasteiger partial charge in [0.1, 0.15) is 5.75 Å². The van der Waals surface area contributed by atoms with E-state index in [4.69, 9.17) is 22.1 Å². The van der Waals surface area contributed by atoms with Crippen molar-refractivity contribution in [3.05, 3.63) is 29.3 Å². The first kappa shape index (κ1) is 16.2. The van der Waals surface area contributed by atoms with Crippen LogP contribution in [-0.2, 0) is 17.4 Å². The number of benzene rings is 1. The topological polar surface area (TPSA) is 49.8 Å². The average Bonchev–Trinajstić information content (AvgIpc) is 2.26. The molecule has 0 saturated carbocycles. The average molecular weight is 307 g/mol. The molecular formula is C12H12F3NO3S. The molecule has 0 saturated heterocycles. The van der Waals surface area contributed by atoms with E-state index in [9.17, 15) is 18.0 Å². The molecule has 1 rings (SSSR count). The van der Waals surface area contributed by atoms with Crippen molar-refractivity contribution in [1.82, 2.24) is 4.90 Å². The summed E-state index contributed by atoms with van der Waals surface area (Å²) in [7, 11) is 3.15. The van der Waals surface area contributed by atoms with Crippen LogP contribution in [0.25, 0.3) is 0 Å². The minimum absolute atomic E-state index is 0.0103. The molecule has 0 fully saturated rings. The van der Waals surface area contributed by atoms with Crippen molar-refractivity contribution < 1.29 is 27.8 Å². The number of carboxylic acid groups (broad SMARTS) is 1. The van der Waals surface area contributed by atoms with E-state index in [1.54, 1.807) is 14.1 Å². The van der Waals surface area contributed by atoms with Crippen LogP contribution in [0.15, 0.2) is 18.2 Å². The molecule has 0 radical (unpaired) electrons. The van der Waals surface area contributed by atoms with Crippen LogP contribution < -0.4 is 4.74 Å². The van der Waals surface area contributed by atoms with Gasteiger partial charge < -0.3 is 14.7 Å². The van der Waals surface area contributed by atoms with E-state index in [2.05, 4.69) is 0 Å². The van der Waals surface area contributed by atoms with Crippen molar-refractivity contribution in [3.8, 4) is 5.75 Å². The third-order valence-corrected chi connectivity index (χ3v) is 2.67. The van der Waals surface area contributed by atoms with E-state index in [-0.39, 0.29) is 16.5 Å². The van der Waals surface area contributed by atoms with Gasteiger partial charge in [-0.25, -0.2) is 0 Å². The van der Waals surface area contributed by atoms with Crippen molar-refractivity contribution in [1.29, 1.82) is 0 Å². The zero-order chi connectivity index (χ0) is 15.5. The van der Waals surface area contributed by atoms with Crippen molar-refractivity contribution in [2.75, 3.05) is 14.1 Å². The van der Waals surface area contributed by atoms with Crippen LogP contribution in [0.5, 0.6) is 5.75 Å². The summed E-state index contributed by atoms with van der Waals surface area (Å²) in [5.41, 5.74) is -0.989. The Balaban J connectivity index is 3.16. The quantitative estimate of drug-likeness (QED) is 0.870. The summed E-state index contributed by atoms with van der Waals surface area (Å²) in [5, 5.41) is 8.64. The van der Waals surface area contributed by atoms with Gasteiger partial charge in [-0.05, 0) is 36.0 Å². The van der Waals surface area contributed by atoms with Gasteiger partial charge in [0.05, 0.1) is 12.0 Å². The standard InChI is InChI=1S/C12H12F3NO3S/c1-16(2)11(20)19-9-4-7(5-10(17)18)3-8(6-9)12(13,14)15/h3-4,6H,5H2,1-2H3,(H,17,18). The van der Waals surface area contributed by atoms with Gasteiger partial charge in [0, 0.05) is 14.1 Å². The number of alkyl halides is 3. The number of hydrogen-bond acceptors (Lipinski definition) is 3. The van der Waals surface area contributed by atoms with Crippen molar-refractivity contribution in [3.63, 3.8) is 0 Å². The minimum Gasteiger partial charge on any atom is -0.481 e. The molecule has 0 amide bonds. The number of hydrogen-bond donors (Lipinski definition) is 1. The molecule has 0 heterocycles. The zero-order valence-corrected chi connectivity index (χ0v) is 11.5.